The van der Waals surface area contributed by atoms with Crippen LogP contribution in [0, 0.1) is 11.8 Å². The molecular formula is C12H25N. The molecule has 13 heavy (non-hydrogen) atoms. The molecule has 0 aromatic carbocycles. The summed E-state index contributed by atoms with van der Waals surface area (Å²) in [4.78, 5) is 0. The zero-order chi connectivity index (χ0) is 9.90. The molecule has 0 aromatic heterocycles. The summed E-state index contributed by atoms with van der Waals surface area (Å²) in [5, 5.41) is 0. The van der Waals surface area contributed by atoms with Crippen LogP contribution < -0.4 is 5.73 Å². The Morgan fingerprint density at radius 1 is 1.54 bits per heavy atom. The van der Waals surface area contributed by atoms with E-state index in [0.717, 1.165) is 11.8 Å². The van der Waals surface area contributed by atoms with Gasteiger partial charge in [-0.2, -0.15) is 0 Å². The van der Waals surface area contributed by atoms with E-state index in [2.05, 4.69) is 20.8 Å². The van der Waals surface area contributed by atoms with Gasteiger partial charge < -0.3 is 5.73 Å². The number of nitrogens with two attached hydrogens (primary N) is 1. The normalized spacial score (nSPS) is 36.5. The van der Waals surface area contributed by atoms with E-state index in [9.17, 15) is 0 Å². The average Bonchev–Trinajstić information content (AvgIpc) is 2.30. The predicted octanol–water partition coefficient (Wildman–Crippen LogP) is 3.33. The second-order valence-electron chi connectivity index (χ2n) is 5.31. The van der Waals surface area contributed by atoms with E-state index in [1.165, 1.54) is 38.5 Å². The van der Waals surface area contributed by atoms with E-state index in [0.29, 0.717) is 0 Å². The first-order chi connectivity index (χ1) is 6.06. The highest BCUT2D eigenvalue weighted by molar-refractivity contribution is 4.92. The molecule has 78 valence electrons. The molecule has 0 bridgehead atoms. The van der Waals surface area contributed by atoms with Crippen molar-refractivity contribution in [1.82, 2.24) is 0 Å². The Morgan fingerprint density at radius 2 is 2.23 bits per heavy atom. The zero-order valence-corrected chi connectivity index (χ0v) is 9.47. The molecule has 0 saturated heterocycles. The molecule has 0 heterocycles. The SMILES string of the molecule is CCCC(C)CC1(N)CCC(C)C1. The van der Waals surface area contributed by atoms with Gasteiger partial charge >= 0.3 is 0 Å². The number of hydrogen-bond donors (Lipinski definition) is 1. The van der Waals surface area contributed by atoms with Gasteiger partial charge in [0, 0.05) is 5.54 Å². The minimum atomic E-state index is 0.188. The molecule has 0 radical (unpaired) electrons. The lowest BCUT2D eigenvalue weighted by atomic mass is 9.85. The summed E-state index contributed by atoms with van der Waals surface area (Å²) in [5.74, 6) is 1.68. The fourth-order valence-electron chi connectivity index (χ4n) is 2.91. The van der Waals surface area contributed by atoms with Crippen LogP contribution in [0.4, 0.5) is 0 Å². The lowest BCUT2D eigenvalue weighted by Gasteiger charge is -2.27. The fraction of sp³-hybridized carbons (Fsp3) is 1.00. The van der Waals surface area contributed by atoms with E-state index in [1.807, 2.05) is 0 Å². The molecule has 3 atom stereocenters. The standard InChI is InChI=1S/C12H25N/c1-4-5-10(2)8-12(13)7-6-11(3)9-12/h10-11H,4-9,13H2,1-3H3. The van der Waals surface area contributed by atoms with Crippen molar-refractivity contribution in [2.45, 2.75) is 64.8 Å². The summed E-state index contributed by atoms with van der Waals surface area (Å²) >= 11 is 0. The molecule has 1 saturated carbocycles. The highest BCUT2D eigenvalue weighted by atomic mass is 14.8. The van der Waals surface area contributed by atoms with Crippen molar-refractivity contribution in [3.8, 4) is 0 Å². The molecular weight excluding hydrogens is 158 g/mol. The summed E-state index contributed by atoms with van der Waals surface area (Å²) in [7, 11) is 0. The highest BCUT2D eigenvalue weighted by Gasteiger charge is 2.34. The smallest absolute Gasteiger partial charge is 0.0159 e. The second kappa shape index (κ2) is 4.45. The van der Waals surface area contributed by atoms with Crippen LogP contribution in [0.1, 0.15) is 59.3 Å². The molecule has 0 spiro atoms. The maximum atomic E-state index is 6.38. The first-order valence-electron chi connectivity index (χ1n) is 5.84. The van der Waals surface area contributed by atoms with E-state index in [4.69, 9.17) is 5.73 Å². The minimum Gasteiger partial charge on any atom is -0.325 e. The van der Waals surface area contributed by atoms with E-state index < -0.39 is 0 Å². The average molecular weight is 183 g/mol. The van der Waals surface area contributed by atoms with Crippen molar-refractivity contribution in [3.05, 3.63) is 0 Å². The van der Waals surface area contributed by atoms with Crippen LogP contribution in [0.5, 0.6) is 0 Å². The molecule has 1 aliphatic rings. The number of rotatable bonds is 4. The van der Waals surface area contributed by atoms with Gasteiger partial charge in [0.2, 0.25) is 0 Å². The lowest BCUT2D eigenvalue weighted by molar-refractivity contribution is 0.315. The largest absolute Gasteiger partial charge is 0.325 e. The van der Waals surface area contributed by atoms with Crippen LogP contribution in [0.25, 0.3) is 0 Å². The van der Waals surface area contributed by atoms with Gasteiger partial charge in [0.05, 0.1) is 0 Å². The van der Waals surface area contributed by atoms with Gasteiger partial charge in [-0.3, -0.25) is 0 Å². The van der Waals surface area contributed by atoms with Crippen molar-refractivity contribution in [1.29, 1.82) is 0 Å². The van der Waals surface area contributed by atoms with E-state index in [1.54, 1.807) is 0 Å². The Bertz CT molecular complexity index is 155. The van der Waals surface area contributed by atoms with Crippen molar-refractivity contribution in [2.24, 2.45) is 17.6 Å². The summed E-state index contributed by atoms with van der Waals surface area (Å²) < 4.78 is 0. The molecule has 1 nitrogen and oxygen atoms in total. The Morgan fingerprint density at radius 3 is 2.69 bits per heavy atom. The maximum absolute atomic E-state index is 6.38. The van der Waals surface area contributed by atoms with Crippen LogP contribution in [0.2, 0.25) is 0 Å². The van der Waals surface area contributed by atoms with Crippen molar-refractivity contribution in [2.75, 3.05) is 0 Å². The Balaban J connectivity index is 2.34. The second-order valence-corrected chi connectivity index (χ2v) is 5.31. The Kier molecular flexibility index (Phi) is 3.78. The van der Waals surface area contributed by atoms with Gasteiger partial charge in [-0.25, -0.2) is 0 Å². The summed E-state index contributed by atoms with van der Waals surface area (Å²) in [6.07, 6.45) is 7.73. The van der Waals surface area contributed by atoms with Crippen molar-refractivity contribution < 1.29 is 0 Å². The summed E-state index contributed by atoms with van der Waals surface area (Å²) in [6, 6.07) is 0. The quantitative estimate of drug-likeness (QED) is 0.711. The lowest BCUT2D eigenvalue weighted by Crippen LogP contribution is -2.38. The monoisotopic (exact) mass is 183 g/mol. The molecule has 1 aliphatic carbocycles. The molecule has 1 rings (SSSR count). The Hall–Kier alpha value is -0.0400. The van der Waals surface area contributed by atoms with E-state index in [-0.39, 0.29) is 5.54 Å². The first-order valence-corrected chi connectivity index (χ1v) is 5.84. The molecule has 3 unspecified atom stereocenters. The molecule has 1 heteroatoms. The van der Waals surface area contributed by atoms with Gasteiger partial charge in [-0.1, -0.05) is 33.6 Å². The van der Waals surface area contributed by atoms with Gasteiger partial charge in [-0.05, 0) is 37.5 Å². The number of hydrogen-bond acceptors (Lipinski definition) is 1. The molecule has 2 N–H and O–H groups in total. The van der Waals surface area contributed by atoms with Gasteiger partial charge in [0.15, 0.2) is 0 Å². The van der Waals surface area contributed by atoms with Crippen molar-refractivity contribution in [3.63, 3.8) is 0 Å². The van der Waals surface area contributed by atoms with Crippen LogP contribution >= 0.6 is 0 Å². The summed E-state index contributed by atoms with van der Waals surface area (Å²) in [6.45, 7) is 6.94. The summed E-state index contributed by atoms with van der Waals surface area (Å²) in [5.41, 5.74) is 6.57. The molecule has 0 aromatic rings. The minimum absolute atomic E-state index is 0.188. The third kappa shape index (κ3) is 3.30. The Labute approximate surface area is 83.1 Å². The van der Waals surface area contributed by atoms with Crippen LogP contribution in [0.3, 0.4) is 0 Å². The third-order valence-corrected chi connectivity index (χ3v) is 3.43. The fourth-order valence-corrected chi connectivity index (χ4v) is 2.91. The topological polar surface area (TPSA) is 26.0 Å². The van der Waals surface area contributed by atoms with Crippen LogP contribution in [-0.2, 0) is 0 Å². The highest BCUT2D eigenvalue weighted by Crippen LogP contribution is 2.37. The van der Waals surface area contributed by atoms with Crippen LogP contribution in [-0.4, -0.2) is 5.54 Å². The third-order valence-electron chi connectivity index (χ3n) is 3.43. The molecule has 1 fully saturated rings. The van der Waals surface area contributed by atoms with E-state index >= 15 is 0 Å². The maximum Gasteiger partial charge on any atom is 0.0159 e. The van der Waals surface area contributed by atoms with Gasteiger partial charge in [-0.15, -0.1) is 0 Å². The molecule has 0 amide bonds. The zero-order valence-electron chi connectivity index (χ0n) is 9.47. The first kappa shape index (κ1) is 11.0. The van der Waals surface area contributed by atoms with Crippen LogP contribution in [0.15, 0.2) is 0 Å². The van der Waals surface area contributed by atoms with Crippen molar-refractivity contribution >= 4 is 0 Å². The molecule has 0 aliphatic heterocycles. The van der Waals surface area contributed by atoms with Gasteiger partial charge in [0.1, 0.15) is 0 Å². The predicted molar refractivity (Wildman–Crippen MR) is 58.6 cm³/mol. The van der Waals surface area contributed by atoms with Gasteiger partial charge in [0.25, 0.3) is 0 Å².